The van der Waals surface area contributed by atoms with Crippen LogP contribution in [-0.2, 0) is 9.47 Å². The number of thioether (sulfide) groups is 1. The Bertz CT molecular complexity index is 1850. The van der Waals surface area contributed by atoms with Crippen molar-refractivity contribution in [3.63, 3.8) is 0 Å². The van der Waals surface area contributed by atoms with Gasteiger partial charge in [-0.3, -0.25) is 4.68 Å². The van der Waals surface area contributed by atoms with E-state index in [9.17, 15) is 19.0 Å². The number of aromatic nitrogens is 6. The minimum atomic E-state index is -1.32. The molecule has 4 unspecified atom stereocenters. The average Bonchev–Trinajstić information content (AvgIpc) is 3.72. The molecule has 15 heteroatoms. The van der Waals surface area contributed by atoms with Gasteiger partial charge in [0.15, 0.2) is 17.5 Å². The van der Waals surface area contributed by atoms with E-state index in [-0.39, 0.29) is 16.1 Å². The van der Waals surface area contributed by atoms with Crippen LogP contribution in [0.3, 0.4) is 0 Å². The summed E-state index contributed by atoms with van der Waals surface area (Å²) in [5.41, 5.74) is 1.82. The van der Waals surface area contributed by atoms with Crippen molar-refractivity contribution in [1.29, 1.82) is 0 Å². The van der Waals surface area contributed by atoms with E-state index in [0.29, 0.717) is 11.6 Å². The van der Waals surface area contributed by atoms with Gasteiger partial charge in [-0.25, -0.2) is 23.4 Å². The van der Waals surface area contributed by atoms with Crippen LogP contribution < -0.4 is 0 Å². The van der Waals surface area contributed by atoms with E-state index < -0.39 is 48.2 Å². The molecule has 2 N–H and O–H groups in total. The highest BCUT2D eigenvalue weighted by atomic mass is 35.5. The summed E-state index contributed by atoms with van der Waals surface area (Å²) in [7, 11) is 1.44. The van der Waals surface area contributed by atoms with E-state index in [0.717, 1.165) is 25.8 Å². The summed E-state index contributed by atoms with van der Waals surface area (Å²) in [5, 5.41) is 32.4. The molecule has 3 aromatic heterocycles. The zero-order chi connectivity index (χ0) is 31.4. The Kier molecular flexibility index (Phi) is 8.52. The maximum Gasteiger partial charge on any atom is 0.178 e. The highest BCUT2D eigenvalue weighted by Gasteiger charge is 2.50. The molecule has 1 fully saturated rings. The van der Waals surface area contributed by atoms with Crippen LogP contribution >= 0.6 is 34.7 Å². The molecule has 5 aromatic rings. The number of hydrogen-bond acceptors (Lipinski definition) is 10. The molecular weight excluding hydrogens is 634 g/mol. The van der Waals surface area contributed by atoms with Gasteiger partial charge >= 0.3 is 0 Å². The number of methoxy groups -OCH3 is 1. The minimum absolute atomic E-state index is 0.0500. The van der Waals surface area contributed by atoms with Crippen LogP contribution in [0.4, 0.5) is 8.78 Å². The fourth-order valence-electron chi connectivity index (χ4n) is 5.65. The van der Waals surface area contributed by atoms with Crippen molar-refractivity contribution < 1.29 is 28.5 Å². The number of ether oxygens (including phenoxy) is 2. The van der Waals surface area contributed by atoms with Gasteiger partial charge in [0.25, 0.3) is 0 Å². The molecule has 0 bridgehead atoms. The molecule has 0 aliphatic carbocycles. The third-order valence-electron chi connectivity index (χ3n) is 7.64. The molecule has 1 aliphatic rings. The smallest absolute Gasteiger partial charge is 0.178 e. The summed E-state index contributed by atoms with van der Waals surface area (Å²) >= 11 is 8.82. The second-order valence-electron chi connectivity index (χ2n) is 10.5. The largest absolute Gasteiger partial charge is 0.391 e. The Labute approximate surface area is 264 Å². The number of halogens is 3. The summed E-state index contributed by atoms with van der Waals surface area (Å²) in [4.78, 5) is 10.2. The van der Waals surface area contributed by atoms with Crippen LogP contribution in [0.2, 0.25) is 5.02 Å². The first-order chi connectivity index (χ1) is 21.0. The Morgan fingerprint density at radius 2 is 1.95 bits per heavy atom. The molecule has 232 valence electrons. The lowest BCUT2D eigenvalue weighted by atomic mass is 9.89. The van der Waals surface area contributed by atoms with Crippen molar-refractivity contribution >= 4 is 44.9 Å². The van der Waals surface area contributed by atoms with Gasteiger partial charge in [-0.05, 0) is 51.3 Å². The van der Waals surface area contributed by atoms with E-state index in [2.05, 4.69) is 20.2 Å². The number of benzene rings is 2. The van der Waals surface area contributed by atoms with Crippen molar-refractivity contribution in [2.75, 3.05) is 13.4 Å². The van der Waals surface area contributed by atoms with Crippen molar-refractivity contribution in [3.05, 3.63) is 70.0 Å². The highest BCUT2D eigenvalue weighted by Crippen LogP contribution is 2.42. The number of thiazole rings is 1. The lowest BCUT2D eigenvalue weighted by molar-refractivity contribution is -0.230. The molecule has 6 atom stereocenters. The molecule has 1 aliphatic heterocycles. The molecule has 0 amide bonds. The maximum absolute atomic E-state index is 14.8. The second-order valence-corrected chi connectivity index (χ2v) is 13.0. The number of hydrogen-bond donors (Lipinski definition) is 2. The van der Waals surface area contributed by atoms with E-state index >= 15 is 0 Å². The van der Waals surface area contributed by atoms with E-state index in [4.69, 9.17) is 21.1 Å². The van der Waals surface area contributed by atoms with Crippen molar-refractivity contribution in [3.8, 4) is 16.8 Å². The molecule has 10 nitrogen and oxygen atoms in total. The quantitative estimate of drug-likeness (QED) is 0.173. The van der Waals surface area contributed by atoms with Gasteiger partial charge in [0.2, 0.25) is 0 Å². The molecule has 1 saturated heterocycles. The summed E-state index contributed by atoms with van der Waals surface area (Å²) in [6.07, 6.45) is -0.434. The molecule has 4 heterocycles. The third-order valence-corrected chi connectivity index (χ3v) is 9.63. The third kappa shape index (κ3) is 5.31. The minimum Gasteiger partial charge on any atom is -0.391 e. The molecule has 2 aromatic carbocycles. The zero-order valence-electron chi connectivity index (χ0n) is 24.3. The van der Waals surface area contributed by atoms with Gasteiger partial charge in [0, 0.05) is 29.3 Å². The molecule has 0 saturated carbocycles. The Morgan fingerprint density at radius 1 is 1.18 bits per heavy atom. The Hall–Kier alpha value is -2.98. The summed E-state index contributed by atoms with van der Waals surface area (Å²) in [6, 6.07) is 5.66. The predicted octanol–water partition coefficient (Wildman–Crippen LogP) is 5.45. The standard InChI is InChI=1S/C29H29ClF2N6O4S2/c1-12(39)26-27(41-4)24(37-11-15(10-33-37)16-6-7-17(30)23(32)22(16)31)25(40)28(42-26)29-34-13(2)36-38(29)19-9-20-18(8-21(19)43-5)35-14(3)44-20/h6-12,24-28,39-40H,1-5H3/t12?,24?,25?,26?,27-,28-/m1/s1. The normalized spacial score (nSPS) is 23.0. The SMILES string of the molecule is CO[C@H]1C(C(C)O)O[C@@H](c2nc(C)nn2-c2cc3sc(C)nc3cc2SC)C(O)C1n1cc(-c2ccc(Cl)c(F)c2F)cn1. The van der Waals surface area contributed by atoms with Crippen molar-refractivity contribution in [2.24, 2.45) is 0 Å². The van der Waals surface area contributed by atoms with Crippen LogP contribution in [0.1, 0.15) is 35.7 Å². The first kappa shape index (κ1) is 31.0. The highest BCUT2D eigenvalue weighted by molar-refractivity contribution is 7.98. The molecule has 0 radical (unpaired) electrons. The average molecular weight is 663 g/mol. The van der Waals surface area contributed by atoms with Crippen LogP contribution in [0, 0.1) is 25.5 Å². The monoisotopic (exact) mass is 662 g/mol. The fraction of sp³-hybridized carbons (Fsp3) is 0.379. The summed E-state index contributed by atoms with van der Waals surface area (Å²) in [5.74, 6) is -1.52. The van der Waals surface area contributed by atoms with Crippen LogP contribution in [0.25, 0.3) is 27.0 Å². The molecule has 44 heavy (non-hydrogen) atoms. The Morgan fingerprint density at radius 3 is 2.66 bits per heavy atom. The first-order valence-electron chi connectivity index (χ1n) is 13.6. The summed E-state index contributed by atoms with van der Waals surface area (Å²) in [6.45, 7) is 5.25. The number of aliphatic hydroxyl groups is 2. The zero-order valence-corrected chi connectivity index (χ0v) is 26.7. The number of aryl methyl sites for hydroxylation is 2. The van der Waals surface area contributed by atoms with Gasteiger partial charge in [0.1, 0.15) is 36.3 Å². The van der Waals surface area contributed by atoms with Crippen LogP contribution in [-0.4, -0.2) is 77.5 Å². The van der Waals surface area contributed by atoms with E-state index in [1.165, 1.54) is 48.1 Å². The lowest BCUT2D eigenvalue weighted by Gasteiger charge is -2.45. The van der Waals surface area contributed by atoms with Gasteiger partial charge in [-0.15, -0.1) is 23.1 Å². The number of rotatable bonds is 7. The number of nitrogens with zero attached hydrogens (tertiary/aromatic N) is 6. The topological polar surface area (TPSA) is 120 Å². The molecular formula is C29H29ClF2N6O4S2. The van der Waals surface area contributed by atoms with Gasteiger partial charge in [0.05, 0.1) is 38.2 Å². The fourth-order valence-corrected chi connectivity index (χ4v) is 7.22. The van der Waals surface area contributed by atoms with Gasteiger partial charge in [-0.2, -0.15) is 10.2 Å². The Balaban J connectivity index is 1.46. The lowest BCUT2D eigenvalue weighted by Crippen LogP contribution is -2.56. The van der Waals surface area contributed by atoms with Crippen molar-refractivity contribution in [1.82, 2.24) is 29.5 Å². The molecule has 0 spiro atoms. The van der Waals surface area contributed by atoms with Crippen LogP contribution in [0.15, 0.2) is 41.6 Å². The first-order valence-corrected chi connectivity index (χ1v) is 16.1. The van der Waals surface area contributed by atoms with Crippen molar-refractivity contribution in [2.45, 2.75) is 62.2 Å². The van der Waals surface area contributed by atoms with Gasteiger partial charge < -0.3 is 19.7 Å². The number of fused-ring (bicyclic) bond motifs is 1. The predicted molar refractivity (Wildman–Crippen MR) is 164 cm³/mol. The van der Waals surface area contributed by atoms with Crippen LogP contribution in [0.5, 0.6) is 0 Å². The van der Waals surface area contributed by atoms with E-state index in [1.54, 1.807) is 29.9 Å². The van der Waals surface area contributed by atoms with E-state index in [1.807, 2.05) is 25.3 Å². The number of aliphatic hydroxyl groups excluding tert-OH is 2. The molecule has 6 rings (SSSR count). The van der Waals surface area contributed by atoms with Gasteiger partial charge in [-0.1, -0.05) is 11.6 Å². The maximum atomic E-state index is 14.8. The second kappa shape index (κ2) is 12.1. The summed E-state index contributed by atoms with van der Waals surface area (Å²) < 4.78 is 45.2.